The molecule has 1 nitrogen and oxygen atoms in total. The molecule has 13 heavy (non-hydrogen) atoms. The molecule has 0 aliphatic heterocycles. The van der Waals surface area contributed by atoms with E-state index < -0.39 is 0 Å². The number of rotatable bonds is 6. The lowest BCUT2D eigenvalue weighted by atomic mass is 10.3. The fraction of sp³-hybridized carbons (Fsp3) is 0.833. The van der Waals surface area contributed by atoms with Gasteiger partial charge in [-0.3, -0.25) is 0 Å². The normalized spacial score (nSPS) is 11.7. The average Bonchev–Trinajstić information content (AvgIpc) is 2.12. The van der Waals surface area contributed by atoms with Gasteiger partial charge in [-0.1, -0.05) is 26.8 Å². The second-order valence-electron chi connectivity index (χ2n) is 3.69. The third-order valence-electron chi connectivity index (χ3n) is 2.70. The third kappa shape index (κ3) is 6.83. The summed E-state index contributed by atoms with van der Waals surface area (Å²) in [5.41, 5.74) is 0. The van der Waals surface area contributed by atoms with E-state index in [0.29, 0.717) is 0 Å². The van der Waals surface area contributed by atoms with E-state index in [1.54, 1.807) is 0 Å². The van der Waals surface area contributed by atoms with Gasteiger partial charge in [-0.05, 0) is 26.3 Å². The number of unbranched alkanes of at least 4 members (excludes halogenated alkanes) is 1. The molecule has 0 saturated carbocycles. The summed E-state index contributed by atoms with van der Waals surface area (Å²) in [5, 5.41) is 0. The highest BCUT2D eigenvalue weighted by Gasteiger charge is 2.12. The molecule has 0 aromatic rings. The van der Waals surface area contributed by atoms with E-state index in [2.05, 4.69) is 40.0 Å². The molecule has 0 fully saturated rings. The molecule has 80 valence electrons. The first-order valence-electron chi connectivity index (χ1n) is 5.17. The molecule has 0 aliphatic rings. The third-order valence-corrected chi connectivity index (χ3v) is 2.70. The molecule has 0 aromatic heterocycles. The van der Waals surface area contributed by atoms with Crippen molar-refractivity contribution in [3.8, 4) is 0 Å². The Morgan fingerprint density at radius 3 is 1.92 bits per heavy atom. The van der Waals surface area contributed by atoms with Gasteiger partial charge in [0.1, 0.15) is 0 Å². The van der Waals surface area contributed by atoms with Crippen molar-refractivity contribution >= 4 is 0 Å². The van der Waals surface area contributed by atoms with Gasteiger partial charge >= 0.3 is 0 Å². The van der Waals surface area contributed by atoms with E-state index in [4.69, 9.17) is 0 Å². The molecular formula is C12H28N+. The molecule has 0 rings (SSSR count). The van der Waals surface area contributed by atoms with Gasteiger partial charge in [-0.25, -0.2) is 0 Å². The van der Waals surface area contributed by atoms with Gasteiger partial charge in [0.25, 0.3) is 0 Å². The molecule has 0 saturated heterocycles. The molecule has 0 atom stereocenters. The van der Waals surface area contributed by atoms with Gasteiger partial charge in [-0.15, -0.1) is 0 Å². The molecule has 0 unspecified atom stereocenters. The Morgan fingerprint density at radius 1 is 1.00 bits per heavy atom. The topological polar surface area (TPSA) is 0 Å². The van der Waals surface area contributed by atoms with E-state index in [1.165, 1.54) is 37.0 Å². The number of likely N-dealkylation sites (N-methyl/N-ethyl adjacent to an activating group) is 1. The van der Waals surface area contributed by atoms with E-state index in [-0.39, 0.29) is 7.43 Å². The van der Waals surface area contributed by atoms with Gasteiger partial charge in [-0.2, -0.15) is 0 Å². The van der Waals surface area contributed by atoms with Crippen LogP contribution < -0.4 is 0 Å². The van der Waals surface area contributed by atoms with Crippen molar-refractivity contribution in [1.82, 2.24) is 0 Å². The average molecular weight is 186 g/mol. The standard InChI is InChI=1S/C11H24N.CH4/c1-5-8-9-10-11-12(4,6-2)7-3;/h9-10H,5-8,11H2,1-4H3;1H4/q+1;. The molecule has 0 radical (unpaired) electrons. The van der Waals surface area contributed by atoms with Gasteiger partial charge < -0.3 is 4.48 Å². The van der Waals surface area contributed by atoms with Crippen LogP contribution in [0.5, 0.6) is 0 Å². The lowest BCUT2D eigenvalue weighted by molar-refractivity contribution is -0.900. The van der Waals surface area contributed by atoms with Crippen LogP contribution in [-0.2, 0) is 0 Å². The van der Waals surface area contributed by atoms with Crippen LogP contribution in [0, 0.1) is 0 Å². The van der Waals surface area contributed by atoms with E-state index in [1.807, 2.05) is 0 Å². The number of nitrogens with zero attached hydrogens (tertiary/aromatic N) is 1. The van der Waals surface area contributed by atoms with Crippen molar-refractivity contribution in [1.29, 1.82) is 0 Å². The van der Waals surface area contributed by atoms with Crippen LogP contribution in [0.4, 0.5) is 0 Å². The number of hydrogen-bond acceptors (Lipinski definition) is 0. The lowest BCUT2D eigenvalue weighted by Crippen LogP contribution is -2.43. The summed E-state index contributed by atoms with van der Waals surface area (Å²) in [7, 11) is 2.32. The minimum Gasteiger partial charge on any atom is -0.323 e. The van der Waals surface area contributed by atoms with Crippen molar-refractivity contribution < 1.29 is 4.48 Å². The summed E-state index contributed by atoms with van der Waals surface area (Å²) in [4.78, 5) is 0. The first kappa shape index (κ1) is 15.2. The van der Waals surface area contributed by atoms with Gasteiger partial charge in [0.2, 0.25) is 0 Å². The molecule has 1 heteroatoms. The lowest BCUT2D eigenvalue weighted by Gasteiger charge is -2.30. The number of allylic oxidation sites excluding steroid dienone is 1. The van der Waals surface area contributed by atoms with Crippen molar-refractivity contribution in [3.05, 3.63) is 12.2 Å². The highest BCUT2D eigenvalue weighted by molar-refractivity contribution is 4.80. The fourth-order valence-electron chi connectivity index (χ4n) is 1.10. The molecule has 0 spiro atoms. The molecule has 0 amide bonds. The zero-order valence-corrected chi connectivity index (χ0v) is 9.14. The maximum absolute atomic E-state index is 2.33. The Kier molecular flexibility index (Phi) is 9.70. The molecule has 0 aliphatic carbocycles. The van der Waals surface area contributed by atoms with Crippen LogP contribution in [0.3, 0.4) is 0 Å². The van der Waals surface area contributed by atoms with Gasteiger partial charge in [0.15, 0.2) is 0 Å². The Morgan fingerprint density at radius 2 is 1.54 bits per heavy atom. The predicted molar refractivity (Wildman–Crippen MR) is 62.9 cm³/mol. The first-order valence-corrected chi connectivity index (χ1v) is 5.17. The maximum Gasteiger partial charge on any atom is 0.0971 e. The van der Waals surface area contributed by atoms with Crippen molar-refractivity contribution in [2.45, 2.75) is 41.0 Å². The summed E-state index contributed by atoms with van der Waals surface area (Å²) in [6.07, 6.45) is 7.13. The largest absolute Gasteiger partial charge is 0.323 e. The van der Waals surface area contributed by atoms with Crippen molar-refractivity contribution in [3.63, 3.8) is 0 Å². The second-order valence-corrected chi connectivity index (χ2v) is 3.69. The smallest absolute Gasteiger partial charge is 0.0971 e. The van der Waals surface area contributed by atoms with Crippen LogP contribution in [0.15, 0.2) is 12.2 Å². The highest BCUT2D eigenvalue weighted by atomic mass is 15.3. The van der Waals surface area contributed by atoms with E-state index >= 15 is 0 Å². The minimum absolute atomic E-state index is 0. The van der Waals surface area contributed by atoms with E-state index in [9.17, 15) is 0 Å². The van der Waals surface area contributed by atoms with Crippen LogP contribution in [0.2, 0.25) is 0 Å². The Labute approximate surface area is 85.0 Å². The summed E-state index contributed by atoms with van der Waals surface area (Å²) in [6, 6.07) is 0. The molecule has 0 heterocycles. The molecule has 0 aromatic carbocycles. The summed E-state index contributed by atoms with van der Waals surface area (Å²) >= 11 is 0. The summed E-state index contributed by atoms with van der Waals surface area (Å²) < 4.78 is 1.17. The fourth-order valence-corrected chi connectivity index (χ4v) is 1.10. The highest BCUT2D eigenvalue weighted by Crippen LogP contribution is 2.01. The van der Waals surface area contributed by atoms with Crippen molar-refractivity contribution in [2.24, 2.45) is 0 Å². The molecular weight excluding hydrogens is 158 g/mol. The summed E-state index contributed by atoms with van der Waals surface area (Å²) in [5.74, 6) is 0. The second kappa shape index (κ2) is 8.31. The van der Waals surface area contributed by atoms with Crippen LogP contribution in [0.1, 0.15) is 41.0 Å². The van der Waals surface area contributed by atoms with Crippen molar-refractivity contribution in [2.75, 3.05) is 26.7 Å². The Bertz CT molecular complexity index is 123. The SMILES string of the molecule is C.CCCC=CC[N+](C)(CC)CC. The zero-order valence-electron chi connectivity index (χ0n) is 9.14. The van der Waals surface area contributed by atoms with Crippen LogP contribution in [0.25, 0.3) is 0 Å². The minimum atomic E-state index is 0. The number of quaternary nitrogens is 1. The quantitative estimate of drug-likeness (QED) is 0.440. The van der Waals surface area contributed by atoms with E-state index in [0.717, 1.165) is 0 Å². The van der Waals surface area contributed by atoms with Gasteiger partial charge in [0, 0.05) is 0 Å². The molecule has 0 bridgehead atoms. The molecule has 0 N–H and O–H groups in total. The Hall–Kier alpha value is -0.300. The predicted octanol–water partition coefficient (Wildman–Crippen LogP) is 3.47. The number of hydrogen-bond donors (Lipinski definition) is 0. The Balaban J connectivity index is 0. The monoisotopic (exact) mass is 186 g/mol. The van der Waals surface area contributed by atoms with Crippen LogP contribution >= 0.6 is 0 Å². The first-order chi connectivity index (χ1) is 5.68. The van der Waals surface area contributed by atoms with Gasteiger partial charge in [0.05, 0.1) is 26.7 Å². The summed E-state index contributed by atoms with van der Waals surface area (Å²) in [6.45, 7) is 10.4. The maximum atomic E-state index is 2.33. The van der Waals surface area contributed by atoms with Crippen LogP contribution in [-0.4, -0.2) is 31.2 Å². The zero-order chi connectivity index (χ0) is 9.45.